The molecule has 128 valence electrons. The molecule has 1 aromatic heterocycles. The summed E-state index contributed by atoms with van der Waals surface area (Å²) in [6, 6.07) is 10.5. The molecule has 1 amide bonds. The summed E-state index contributed by atoms with van der Waals surface area (Å²) in [5.74, 6) is 0.635. The van der Waals surface area contributed by atoms with Gasteiger partial charge in [0.15, 0.2) is 5.69 Å². The fraction of sp³-hybridized carbons (Fsp3) is 0.444. The first-order chi connectivity index (χ1) is 11.3. The zero-order valence-electron chi connectivity index (χ0n) is 13.6. The van der Waals surface area contributed by atoms with Gasteiger partial charge in [-0.2, -0.15) is 5.10 Å². The van der Waals surface area contributed by atoms with Crippen LogP contribution in [0, 0.1) is 5.92 Å². The maximum Gasteiger partial charge on any atom is 0.274 e. The van der Waals surface area contributed by atoms with Crippen LogP contribution in [-0.4, -0.2) is 40.6 Å². The number of aromatic nitrogens is 2. The Balaban J connectivity index is 0.00000169. The monoisotopic (exact) mass is 346 g/mol. The average molecular weight is 347 g/mol. The van der Waals surface area contributed by atoms with Crippen LogP contribution in [0.15, 0.2) is 30.3 Å². The lowest BCUT2D eigenvalue weighted by Crippen LogP contribution is -2.31. The van der Waals surface area contributed by atoms with Gasteiger partial charge in [-0.15, -0.1) is 12.4 Å². The molecule has 0 saturated carbocycles. The molecule has 1 aromatic carbocycles. The van der Waals surface area contributed by atoms with Gasteiger partial charge in [-0.05, 0) is 24.3 Å². The van der Waals surface area contributed by atoms with Crippen molar-refractivity contribution in [2.45, 2.75) is 25.8 Å². The minimum atomic E-state index is 0. The molecule has 0 aliphatic carbocycles. The molecule has 5 nitrogen and oxygen atoms in total. The highest BCUT2D eigenvalue weighted by atomic mass is 35.5. The first kappa shape index (κ1) is 17.0. The Morgan fingerprint density at radius 3 is 2.96 bits per heavy atom. The second-order valence-corrected chi connectivity index (χ2v) is 6.55. The summed E-state index contributed by atoms with van der Waals surface area (Å²) < 4.78 is 0. The number of carbonyl (C=O) groups is 1. The lowest BCUT2D eigenvalue weighted by molar-refractivity contribution is 0.0780. The zero-order chi connectivity index (χ0) is 15.6. The number of nitrogens with zero attached hydrogens (tertiary/aromatic N) is 2. The molecule has 1 atom stereocenters. The predicted molar refractivity (Wildman–Crippen MR) is 95.4 cm³/mol. The number of benzene rings is 1. The lowest BCUT2D eigenvalue weighted by Gasteiger charge is -2.18. The predicted octanol–water partition coefficient (Wildman–Crippen LogP) is 2.18. The molecule has 0 bridgehead atoms. The number of hydrogen-bond donors (Lipinski definition) is 2. The Morgan fingerprint density at radius 1 is 1.29 bits per heavy atom. The maximum absolute atomic E-state index is 12.8. The molecule has 1 saturated heterocycles. The zero-order valence-corrected chi connectivity index (χ0v) is 14.4. The Kier molecular flexibility index (Phi) is 5.21. The van der Waals surface area contributed by atoms with Crippen molar-refractivity contribution in [2.24, 2.45) is 5.92 Å². The maximum atomic E-state index is 12.8. The summed E-state index contributed by atoms with van der Waals surface area (Å²) in [4.78, 5) is 14.8. The largest absolute Gasteiger partial charge is 0.337 e. The molecule has 2 aliphatic rings. The van der Waals surface area contributed by atoms with E-state index in [2.05, 4.69) is 39.8 Å². The second-order valence-electron chi connectivity index (χ2n) is 6.55. The van der Waals surface area contributed by atoms with Gasteiger partial charge in [0, 0.05) is 43.9 Å². The van der Waals surface area contributed by atoms with E-state index < -0.39 is 0 Å². The van der Waals surface area contributed by atoms with Gasteiger partial charge in [-0.1, -0.05) is 30.3 Å². The molecule has 0 radical (unpaired) electrons. The van der Waals surface area contributed by atoms with E-state index >= 15 is 0 Å². The number of amides is 1. The lowest BCUT2D eigenvalue weighted by atomic mass is 9.99. The number of H-pyrrole nitrogens is 1. The molecule has 3 heterocycles. The van der Waals surface area contributed by atoms with Gasteiger partial charge in [0.05, 0.1) is 0 Å². The first-order valence-electron chi connectivity index (χ1n) is 8.41. The van der Waals surface area contributed by atoms with E-state index in [-0.39, 0.29) is 18.3 Å². The summed E-state index contributed by atoms with van der Waals surface area (Å²) in [5.41, 5.74) is 4.15. The molecule has 1 unspecified atom stereocenters. The van der Waals surface area contributed by atoms with E-state index in [4.69, 9.17) is 0 Å². The highest BCUT2D eigenvalue weighted by Crippen LogP contribution is 2.24. The average Bonchev–Trinajstić information content (AvgIpc) is 3.22. The summed E-state index contributed by atoms with van der Waals surface area (Å²) in [6.07, 6.45) is 3.04. The van der Waals surface area contributed by atoms with Crippen molar-refractivity contribution in [3.05, 3.63) is 52.8 Å². The van der Waals surface area contributed by atoms with E-state index in [1.165, 1.54) is 5.56 Å². The third kappa shape index (κ3) is 3.32. The van der Waals surface area contributed by atoms with Gasteiger partial charge in [-0.3, -0.25) is 9.89 Å². The van der Waals surface area contributed by atoms with Crippen molar-refractivity contribution >= 4 is 18.3 Å². The second kappa shape index (κ2) is 7.36. The van der Waals surface area contributed by atoms with Crippen LogP contribution in [0.1, 0.15) is 33.7 Å². The minimum Gasteiger partial charge on any atom is -0.337 e. The van der Waals surface area contributed by atoms with E-state index in [9.17, 15) is 4.79 Å². The molecule has 0 spiro atoms. The minimum absolute atomic E-state index is 0. The van der Waals surface area contributed by atoms with Crippen LogP contribution in [0.3, 0.4) is 0 Å². The van der Waals surface area contributed by atoms with E-state index in [0.717, 1.165) is 56.7 Å². The van der Waals surface area contributed by atoms with Gasteiger partial charge >= 0.3 is 0 Å². The van der Waals surface area contributed by atoms with Crippen LogP contribution in [0.4, 0.5) is 0 Å². The number of nitrogens with one attached hydrogen (secondary N) is 2. The standard InChI is InChI=1S/C18H22N4O.ClH/c23-18(17-15-11-19-8-6-16(15)20-21-17)22-9-7-14(12-22)10-13-4-2-1-3-5-13;/h1-5,14,19H,6-12H2,(H,20,21);1H. The number of halogens is 1. The molecule has 4 rings (SSSR count). The van der Waals surface area contributed by atoms with Crippen LogP contribution in [0.2, 0.25) is 0 Å². The fourth-order valence-electron chi connectivity index (χ4n) is 3.68. The molecular formula is C18H23ClN4O. The smallest absolute Gasteiger partial charge is 0.274 e. The van der Waals surface area contributed by atoms with Crippen molar-refractivity contribution in [2.75, 3.05) is 19.6 Å². The van der Waals surface area contributed by atoms with Crippen LogP contribution in [0.25, 0.3) is 0 Å². The number of fused-ring (bicyclic) bond motifs is 1. The van der Waals surface area contributed by atoms with Crippen molar-refractivity contribution in [1.29, 1.82) is 0 Å². The molecule has 24 heavy (non-hydrogen) atoms. The number of hydrogen-bond acceptors (Lipinski definition) is 3. The Bertz CT molecular complexity index is 700. The molecule has 6 heteroatoms. The third-order valence-corrected chi connectivity index (χ3v) is 4.95. The summed E-state index contributed by atoms with van der Waals surface area (Å²) in [7, 11) is 0. The Labute approximate surface area is 148 Å². The quantitative estimate of drug-likeness (QED) is 0.895. The van der Waals surface area contributed by atoms with Crippen molar-refractivity contribution in [1.82, 2.24) is 20.4 Å². The topological polar surface area (TPSA) is 61.0 Å². The Hall–Kier alpha value is -1.85. The van der Waals surface area contributed by atoms with E-state index in [1.54, 1.807) is 0 Å². The van der Waals surface area contributed by atoms with E-state index in [0.29, 0.717) is 11.6 Å². The van der Waals surface area contributed by atoms with Crippen molar-refractivity contribution in [3.8, 4) is 0 Å². The van der Waals surface area contributed by atoms with Crippen LogP contribution < -0.4 is 5.32 Å². The molecular weight excluding hydrogens is 324 g/mol. The van der Waals surface area contributed by atoms with Gasteiger partial charge in [0.2, 0.25) is 0 Å². The Morgan fingerprint density at radius 2 is 2.12 bits per heavy atom. The molecule has 2 aromatic rings. The number of carbonyl (C=O) groups excluding carboxylic acids is 1. The van der Waals surface area contributed by atoms with Crippen molar-refractivity contribution < 1.29 is 4.79 Å². The van der Waals surface area contributed by atoms with Crippen molar-refractivity contribution in [3.63, 3.8) is 0 Å². The van der Waals surface area contributed by atoms with Crippen LogP contribution >= 0.6 is 12.4 Å². The summed E-state index contributed by atoms with van der Waals surface area (Å²) in [5, 5.41) is 10.7. The normalized spacial score (nSPS) is 19.7. The number of aromatic amines is 1. The van der Waals surface area contributed by atoms with Gasteiger partial charge in [0.25, 0.3) is 5.91 Å². The molecule has 2 aliphatic heterocycles. The number of likely N-dealkylation sites (tertiary alicyclic amines) is 1. The summed E-state index contributed by atoms with van der Waals surface area (Å²) in [6.45, 7) is 3.37. The fourth-order valence-corrected chi connectivity index (χ4v) is 3.68. The van der Waals surface area contributed by atoms with Crippen LogP contribution in [0.5, 0.6) is 0 Å². The number of rotatable bonds is 3. The highest BCUT2D eigenvalue weighted by molar-refractivity contribution is 5.94. The SMILES string of the molecule is Cl.O=C(c1n[nH]c2c1CNCC2)N1CCC(Cc2ccccc2)C1. The molecule has 1 fully saturated rings. The van der Waals surface area contributed by atoms with Gasteiger partial charge in [0.1, 0.15) is 0 Å². The van der Waals surface area contributed by atoms with Gasteiger partial charge in [-0.25, -0.2) is 0 Å². The third-order valence-electron chi connectivity index (χ3n) is 4.95. The van der Waals surface area contributed by atoms with Gasteiger partial charge < -0.3 is 10.2 Å². The van der Waals surface area contributed by atoms with E-state index in [1.807, 2.05) is 11.0 Å². The highest BCUT2D eigenvalue weighted by Gasteiger charge is 2.30. The summed E-state index contributed by atoms with van der Waals surface area (Å²) >= 11 is 0. The molecule has 2 N–H and O–H groups in total. The van der Waals surface area contributed by atoms with Crippen LogP contribution in [-0.2, 0) is 19.4 Å². The first-order valence-corrected chi connectivity index (χ1v) is 8.41.